The molecule has 0 bridgehead atoms. The van der Waals surface area contributed by atoms with Crippen molar-refractivity contribution < 1.29 is 19.0 Å². The summed E-state index contributed by atoms with van der Waals surface area (Å²) >= 11 is 1.69. The molecule has 4 aromatic rings. The molecule has 0 fully saturated rings. The summed E-state index contributed by atoms with van der Waals surface area (Å²) in [6.45, 7) is 3.01. The van der Waals surface area contributed by atoms with Crippen LogP contribution in [-0.4, -0.2) is 29.8 Å². The summed E-state index contributed by atoms with van der Waals surface area (Å²) in [7, 11) is 1.37. The molecule has 168 valence electrons. The number of benzene rings is 2. The van der Waals surface area contributed by atoms with Crippen LogP contribution in [-0.2, 0) is 17.7 Å². The summed E-state index contributed by atoms with van der Waals surface area (Å²) in [4.78, 5) is 23.6. The number of carbonyl (C=O) groups excluding carboxylic acids is 1. The number of esters is 1. The summed E-state index contributed by atoms with van der Waals surface area (Å²) < 4.78 is 15.7. The molecule has 33 heavy (non-hydrogen) atoms. The van der Waals surface area contributed by atoms with E-state index in [1.165, 1.54) is 12.0 Å². The molecule has 8 heteroatoms. The van der Waals surface area contributed by atoms with Crippen LogP contribution in [0, 0.1) is 0 Å². The van der Waals surface area contributed by atoms with Crippen LogP contribution in [0.15, 0.2) is 48.5 Å². The minimum atomic E-state index is -0.369. The first-order valence-corrected chi connectivity index (χ1v) is 11.6. The van der Waals surface area contributed by atoms with Crippen molar-refractivity contribution in [3.8, 4) is 22.9 Å². The highest BCUT2D eigenvalue weighted by molar-refractivity contribution is 7.18. The fourth-order valence-electron chi connectivity index (χ4n) is 3.71. The molecule has 5 rings (SSSR count). The smallest absolute Gasteiger partial charge is 0.337 e. The van der Waals surface area contributed by atoms with E-state index in [1.54, 1.807) is 23.5 Å². The Hall–Kier alpha value is -3.65. The van der Waals surface area contributed by atoms with Gasteiger partial charge in [-0.15, -0.1) is 11.3 Å². The largest absolute Gasteiger partial charge is 0.465 e. The van der Waals surface area contributed by atoms with E-state index in [4.69, 9.17) is 24.2 Å². The average Bonchev–Trinajstić information content (AvgIpc) is 3.48. The Balaban J connectivity index is 1.48. The van der Waals surface area contributed by atoms with Crippen molar-refractivity contribution in [2.45, 2.75) is 26.3 Å². The molecule has 0 saturated heterocycles. The highest BCUT2D eigenvalue weighted by atomic mass is 32.1. The fourth-order valence-corrected chi connectivity index (χ4v) is 4.84. The lowest BCUT2D eigenvalue weighted by molar-refractivity contribution is 0.0600. The first-order valence-electron chi connectivity index (χ1n) is 10.8. The number of rotatable bonds is 7. The number of anilines is 1. The zero-order valence-corrected chi connectivity index (χ0v) is 19.2. The molecule has 0 aliphatic carbocycles. The Bertz CT molecular complexity index is 1320. The lowest BCUT2D eigenvalue weighted by Crippen LogP contribution is -2.04. The molecule has 0 amide bonds. The number of aromatic nitrogens is 2. The molecule has 1 N–H and O–H groups in total. The van der Waals surface area contributed by atoms with E-state index in [9.17, 15) is 4.79 Å². The van der Waals surface area contributed by atoms with E-state index in [2.05, 4.69) is 18.3 Å². The zero-order valence-electron chi connectivity index (χ0n) is 18.4. The van der Waals surface area contributed by atoms with Crippen molar-refractivity contribution >= 4 is 33.3 Å². The molecule has 0 unspecified atom stereocenters. The van der Waals surface area contributed by atoms with E-state index in [-0.39, 0.29) is 12.8 Å². The number of aryl methyl sites for hydroxylation is 1. The van der Waals surface area contributed by atoms with Gasteiger partial charge in [0.05, 0.1) is 18.1 Å². The van der Waals surface area contributed by atoms with Crippen molar-refractivity contribution in [1.82, 2.24) is 9.97 Å². The van der Waals surface area contributed by atoms with Crippen LogP contribution in [0.25, 0.3) is 21.6 Å². The molecule has 1 aliphatic heterocycles. The molecular formula is C25H23N3O4S. The Morgan fingerprint density at radius 2 is 1.91 bits per heavy atom. The lowest BCUT2D eigenvalue weighted by atomic mass is 10.1. The second-order valence-electron chi connectivity index (χ2n) is 7.69. The number of nitrogens with one attached hydrogen (secondary N) is 1. The number of hydrogen-bond acceptors (Lipinski definition) is 8. The molecule has 0 radical (unpaired) electrons. The standard InChI is InChI=1S/C25H23N3O4S/c1-3-4-18-12-19-23(26-13-15-5-10-20-21(11-15)32-14-31-20)27-22(28-24(19)33-18)16-6-8-17(9-7-16)25(29)30-2/h5-12H,3-4,13-14H2,1-2H3,(H,26,27,28). The van der Waals surface area contributed by atoms with Gasteiger partial charge in [-0.3, -0.25) is 0 Å². The molecule has 0 saturated carbocycles. The van der Waals surface area contributed by atoms with Crippen molar-refractivity contribution in [3.63, 3.8) is 0 Å². The van der Waals surface area contributed by atoms with Crippen LogP contribution >= 0.6 is 11.3 Å². The molecular weight excluding hydrogens is 438 g/mol. The van der Waals surface area contributed by atoms with Crippen molar-refractivity contribution in [2.24, 2.45) is 0 Å². The maximum Gasteiger partial charge on any atom is 0.337 e. The van der Waals surface area contributed by atoms with Crippen molar-refractivity contribution in [3.05, 3.63) is 64.5 Å². The monoisotopic (exact) mass is 461 g/mol. The maximum absolute atomic E-state index is 11.8. The Morgan fingerprint density at radius 1 is 1.09 bits per heavy atom. The first-order chi connectivity index (χ1) is 16.1. The third-order valence-electron chi connectivity index (χ3n) is 5.40. The number of thiophene rings is 1. The predicted octanol–water partition coefficient (Wildman–Crippen LogP) is 5.44. The van der Waals surface area contributed by atoms with Gasteiger partial charge >= 0.3 is 5.97 Å². The summed E-state index contributed by atoms with van der Waals surface area (Å²) in [5.74, 6) is 2.55. The maximum atomic E-state index is 11.8. The first kappa shape index (κ1) is 21.2. The number of ether oxygens (including phenoxy) is 3. The Labute approximate surface area is 195 Å². The lowest BCUT2D eigenvalue weighted by Gasteiger charge is -2.10. The predicted molar refractivity (Wildman–Crippen MR) is 128 cm³/mol. The summed E-state index contributed by atoms with van der Waals surface area (Å²) in [5.41, 5.74) is 2.39. The molecule has 2 aromatic carbocycles. The molecule has 7 nitrogen and oxygen atoms in total. The van der Waals surface area contributed by atoms with E-state index >= 15 is 0 Å². The topological polar surface area (TPSA) is 82.6 Å². The number of fused-ring (bicyclic) bond motifs is 2. The summed E-state index contributed by atoms with van der Waals surface area (Å²) in [6, 6.07) is 15.2. The zero-order chi connectivity index (χ0) is 22.8. The van der Waals surface area contributed by atoms with Crippen LogP contribution < -0.4 is 14.8 Å². The molecule has 3 heterocycles. The third-order valence-corrected chi connectivity index (χ3v) is 6.49. The van der Waals surface area contributed by atoms with E-state index in [0.717, 1.165) is 51.5 Å². The highest BCUT2D eigenvalue weighted by Crippen LogP contribution is 2.34. The summed E-state index contributed by atoms with van der Waals surface area (Å²) in [5, 5.41) is 4.50. The van der Waals surface area contributed by atoms with Crippen molar-refractivity contribution in [1.29, 1.82) is 0 Å². The van der Waals surface area contributed by atoms with Crippen molar-refractivity contribution in [2.75, 3.05) is 19.2 Å². The van der Waals surface area contributed by atoms with Gasteiger partial charge < -0.3 is 19.5 Å². The molecule has 1 aliphatic rings. The van der Waals surface area contributed by atoms with Crippen LogP contribution in [0.1, 0.15) is 34.1 Å². The van der Waals surface area contributed by atoms with Crippen LogP contribution in [0.3, 0.4) is 0 Å². The van der Waals surface area contributed by atoms with Gasteiger partial charge in [-0.1, -0.05) is 31.5 Å². The second kappa shape index (κ2) is 9.07. The number of methoxy groups -OCH3 is 1. The van der Waals surface area contributed by atoms with E-state index in [1.807, 2.05) is 30.3 Å². The molecule has 2 aromatic heterocycles. The minimum Gasteiger partial charge on any atom is -0.465 e. The van der Waals surface area contributed by atoms with Gasteiger partial charge in [-0.25, -0.2) is 14.8 Å². The average molecular weight is 462 g/mol. The SMILES string of the molecule is CCCc1cc2c(NCc3ccc4c(c3)OCO4)nc(-c3ccc(C(=O)OC)cc3)nc2s1. The summed E-state index contributed by atoms with van der Waals surface area (Å²) in [6.07, 6.45) is 2.08. The van der Waals surface area contributed by atoms with Gasteiger partial charge in [0.2, 0.25) is 6.79 Å². The van der Waals surface area contributed by atoms with Crippen LogP contribution in [0.4, 0.5) is 5.82 Å². The number of carbonyl (C=O) groups is 1. The number of hydrogen-bond donors (Lipinski definition) is 1. The van der Waals surface area contributed by atoms with Gasteiger partial charge in [0, 0.05) is 17.0 Å². The number of nitrogens with zero attached hydrogens (tertiary/aromatic N) is 2. The highest BCUT2D eigenvalue weighted by Gasteiger charge is 2.16. The second-order valence-corrected chi connectivity index (χ2v) is 8.80. The van der Waals surface area contributed by atoms with E-state index in [0.29, 0.717) is 17.9 Å². The minimum absolute atomic E-state index is 0.256. The molecule has 0 atom stereocenters. The normalized spacial score (nSPS) is 12.2. The van der Waals surface area contributed by atoms with E-state index < -0.39 is 0 Å². The quantitative estimate of drug-likeness (QED) is 0.367. The van der Waals surface area contributed by atoms with Gasteiger partial charge in [0.15, 0.2) is 17.3 Å². The fraction of sp³-hybridized carbons (Fsp3) is 0.240. The van der Waals surface area contributed by atoms with Gasteiger partial charge in [0.1, 0.15) is 10.6 Å². The van der Waals surface area contributed by atoms with Gasteiger partial charge in [0.25, 0.3) is 0 Å². The Kier molecular flexibility index (Phi) is 5.83. The Morgan fingerprint density at radius 3 is 2.70 bits per heavy atom. The van der Waals surface area contributed by atoms with Gasteiger partial charge in [-0.05, 0) is 42.3 Å². The van der Waals surface area contributed by atoms with Crippen LogP contribution in [0.2, 0.25) is 0 Å². The van der Waals surface area contributed by atoms with Gasteiger partial charge in [-0.2, -0.15) is 0 Å². The molecule has 0 spiro atoms. The van der Waals surface area contributed by atoms with Crippen LogP contribution in [0.5, 0.6) is 11.5 Å². The third kappa shape index (κ3) is 4.34.